The van der Waals surface area contributed by atoms with Gasteiger partial charge >= 0.3 is 0 Å². The van der Waals surface area contributed by atoms with Crippen LogP contribution in [-0.4, -0.2) is 4.98 Å². The molecule has 1 N–H and O–H groups in total. The molecule has 3 heterocycles. The predicted molar refractivity (Wildman–Crippen MR) is 212 cm³/mol. The molecule has 3 heteroatoms. The van der Waals surface area contributed by atoms with E-state index in [1.807, 2.05) is 12.1 Å². The Morgan fingerprint density at radius 3 is 1.00 bits per heavy atom. The van der Waals surface area contributed by atoms with E-state index in [4.69, 9.17) is 8.83 Å². The number of para-hydroxylation sites is 4. The summed E-state index contributed by atoms with van der Waals surface area (Å²) in [5, 5.41) is 6.84. The number of hydrogen-bond donors (Lipinski definition) is 1. The van der Waals surface area contributed by atoms with E-state index in [1.54, 1.807) is 0 Å². The molecule has 0 saturated heterocycles. The van der Waals surface area contributed by atoms with Gasteiger partial charge in [0.1, 0.15) is 22.3 Å². The third-order valence-electron chi connectivity index (χ3n) is 10.4. The van der Waals surface area contributed by atoms with E-state index in [-0.39, 0.29) is 0 Å². The largest absolute Gasteiger partial charge is 0.455 e. The molecule has 11 aromatic rings. The molecule has 0 atom stereocenters. The molecule has 0 bridgehead atoms. The van der Waals surface area contributed by atoms with E-state index in [9.17, 15) is 0 Å². The zero-order valence-electron chi connectivity index (χ0n) is 27.5. The number of aromatic nitrogens is 1. The van der Waals surface area contributed by atoms with E-state index in [0.717, 1.165) is 99.4 Å². The van der Waals surface area contributed by atoms with Gasteiger partial charge < -0.3 is 13.8 Å². The highest BCUT2D eigenvalue weighted by Crippen LogP contribution is 2.43. The summed E-state index contributed by atoms with van der Waals surface area (Å²) in [6.07, 6.45) is 0. The second-order valence-corrected chi connectivity index (χ2v) is 13.3. The monoisotopic (exact) mass is 651 g/mol. The van der Waals surface area contributed by atoms with Crippen LogP contribution in [0.15, 0.2) is 179 Å². The van der Waals surface area contributed by atoms with Gasteiger partial charge in [0.05, 0.1) is 0 Å². The fraction of sp³-hybridized carbons (Fsp3) is 0. The Hall–Kier alpha value is -6.84. The average Bonchev–Trinajstić information content (AvgIpc) is 3.89. The number of rotatable bonds is 4. The van der Waals surface area contributed by atoms with Crippen LogP contribution in [0.25, 0.3) is 110 Å². The first-order chi connectivity index (χ1) is 25.3. The maximum Gasteiger partial charge on any atom is 0.143 e. The number of fused-ring (bicyclic) bond motifs is 9. The number of nitrogens with one attached hydrogen (secondary N) is 1. The van der Waals surface area contributed by atoms with Crippen LogP contribution < -0.4 is 0 Å². The lowest BCUT2D eigenvalue weighted by Crippen LogP contribution is -1.80. The third kappa shape index (κ3) is 4.25. The molecular formula is C48H29NO2. The van der Waals surface area contributed by atoms with Crippen molar-refractivity contribution in [2.45, 2.75) is 0 Å². The maximum absolute atomic E-state index is 6.77. The van der Waals surface area contributed by atoms with Crippen molar-refractivity contribution in [1.82, 2.24) is 4.98 Å². The van der Waals surface area contributed by atoms with Crippen molar-refractivity contribution < 1.29 is 8.83 Å². The molecule has 0 amide bonds. The summed E-state index contributed by atoms with van der Waals surface area (Å²) in [5.74, 6) is 0. The summed E-state index contributed by atoms with van der Waals surface area (Å²) in [5.41, 5.74) is 14.7. The summed E-state index contributed by atoms with van der Waals surface area (Å²) < 4.78 is 13.5. The Labute approximate surface area is 293 Å². The minimum atomic E-state index is 0.905. The first-order valence-corrected chi connectivity index (χ1v) is 17.3. The van der Waals surface area contributed by atoms with Crippen LogP contribution in [0.2, 0.25) is 0 Å². The number of benzene rings is 8. The second kappa shape index (κ2) is 10.8. The molecule has 0 aliphatic heterocycles. The van der Waals surface area contributed by atoms with E-state index >= 15 is 0 Å². The molecule has 238 valence electrons. The molecule has 8 aromatic carbocycles. The number of aromatic amines is 1. The number of furan rings is 2. The molecule has 0 radical (unpaired) electrons. The first kappa shape index (κ1) is 28.0. The van der Waals surface area contributed by atoms with Crippen molar-refractivity contribution in [2.75, 3.05) is 0 Å². The van der Waals surface area contributed by atoms with Crippen LogP contribution in [-0.2, 0) is 0 Å². The molecule has 3 nitrogen and oxygen atoms in total. The zero-order chi connectivity index (χ0) is 33.5. The van der Waals surface area contributed by atoms with Crippen LogP contribution in [0.3, 0.4) is 0 Å². The molecule has 0 spiro atoms. The van der Waals surface area contributed by atoms with Gasteiger partial charge in [0, 0.05) is 65.6 Å². The summed E-state index contributed by atoms with van der Waals surface area (Å²) in [4.78, 5) is 3.66. The van der Waals surface area contributed by atoms with E-state index in [1.165, 1.54) is 10.8 Å². The second-order valence-electron chi connectivity index (χ2n) is 13.3. The molecule has 0 aliphatic rings. The zero-order valence-corrected chi connectivity index (χ0v) is 27.5. The molecule has 0 saturated carbocycles. The Morgan fingerprint density at radius 1 is 0.275 bits per heavy atom. The van der Waals surface area contributed by atoms with Crippen molar-refractivity contribution in [1.29, 1.82) is 0 Å². The van der Waals surface area contributed by atoms with Crippen molar-refractivity contribution in [3.63, 3.8) is 0 Å². The van der Waals surface area contributed by atoms with Crippen molar-refractivity contribution in [3.05, 3.63) is 170 Å². The highest BCUT2D eigenvalue weighted by Gasteiger charge is 2.18. The minimum absolute atomic E-state index is 0.905. The predicted octanol–water partition coefficient (Wildman–Crippen LogP) is 13.8. The van der Waals surface area contributed by atoms with E-state index < -0.39 is 0 Å². The van der Waals surface area contributed by atoms with Crippen molar-refractivity contribution in [2.24, 2.45) is 0 Å². The van der Waals surface area contributed by atoms with Gasteiger partial charge in [0.25, 0.3) is 0 Å². The number of hydrogen-bond acceptors (Lipinski definition) is 2. The lowest BCUT2D eigenvalue weighted by atomic mass is 9.97. The van der Waals surface area contributed by atoms with Crippen LogP contribution in [0, 0.1) is 0 Å². The Balaban J connectivity index is 1.07. The molecule has 11 rings (SSSR count). The van der Waals surface area contributed by atoms with Crippen LogP contribution in [0.5, 0.6) is 0 Å². The fourth-order valence-electron chi connectivity index (χ4n) is 8.02. The quantitative estimate of drug-likeness (QED) is 0.206. The van der Waals surface area contributed by atoms with Crippen LogP contribution in [0.4, 0.5) is 0 Å². The molecule has 51 heavy (non-hydrogen) atoms. The molecule has 0 unspecified atom stereocenters. The van der Waals surface area contributed by atoms with Crippen molar-refractivity contribution >= 4 is 65.7 Å². The van der Waals surface area contributed by atoms with Gasteiger partial charge in [-0.15, -0.1) is 0 Å². The topological polar surface area (TPSA) is 42.1 Å². The normalized spacial score (nSPS) is 11.9. The standard InChI is InChI=1S/C48H29NO2/c1-3-11-29(12-4-1)33-15-7-19-37-39-21-9-17-35(47(39)50-45(33)37)31-23-25-43-41(27-31)42-28-32(24-26-44(42)49-43)36-18-10-22-40-38-20-8-16-34(46(38)51-48(36)40)30-13-5-2-6-14-30/h1-28,49H. The highest BCUT2D eigenvalue weighted by atomic mass is 16.3. The highest BCUT2D eigenvalue weighted by molar-refractivity contribution is 6.16. The fourth-order valence-corrected chi connectivity index (χ4v) is 8.02. The summed E-state index contributed by atoms with van der Waals surface area (Å²) in [6.45, 7) is 0. The first-order valence-electron chi connectivity index (χ1n) is 17.3. The SMILES string of the molecule is c1ccc(-c2cccc3c2oc2c(-c4ccc5[nH]c6ccc(-c7cccc8c7oc7c(-c9ccccc9)cccc78)cc6c5c4)cccc23)cc1. The van der Waals surface area contributed by atoms with E-state index in [0.29, 0.717) is 0 Å². The maximum atomic E-state index is 6.77. The lowest BCUT2D eigenvalue weighted by Gasteiger charge is -2.05. The summed E-state index contributed by atoms with van der Waals surface area (Å²) in [7, 11) is 0. The smallest absolute Gasteiger partial charge is 0.143 e. The Morgan fingerprint density at radius 2 is 0.627 bits per heavy atom. The Bertz CT molecular complexity index is 2910. The van der Waals surface area contributed by atoms with Crippen LogP contribution >= 0.6 is 0 Å². The van der Waals surface area contributed by atoms with Gasteiger partial charge in [0.2, 0.25) is 0 Å². The molecule has 0 aliphatic carbocycles. The van der Waals surface area contributed by atoms with Gasteiger partial charge in [-0.05, 0) is 46.5 Å². The number of H-pyrrole nitrogens is 1. The summed E-state index contributed by atoms with van der Waals surface area (Å²) >= 11 is 0. The van der Waals surface area contributed by atoms with Gasteiger partial charge in [-0.3, -0.25) is 0 Å². The lowest BCUT2D eigenvalue weighted by molar-refractivity contribution is 0.670. The summed E-state index contributed by atoms with van der Waals surface area (Å²) in [6, 6.07) is 60.1. The van der Waals surface area contributed by atoms with Gasteiger partial charge in [-0.2, -0.15) is 0 Å². The molecule has 0 fully saturated rings. The van der Waals surface area contributed by atoms with Crippen LogP contribution in [0.1, 0.15) is 0 Å². The van der Waals surface area contributed by atoms with E-state index in [2.05, 4.69) is 163 Å². The van der Waals surface area contributed by atoms with Crippen molar-refractivity contribution in [3.8, 4) is 44.5 Å². The molecular weight excluding hydrogens is 623 g/mol. The van der Waals surface area contributed by atoms with Gasteiger partial charge in [0.15, 0.2) is 0 Å². The van der Waals surface area contributed by atoms with Gasteiger partial charge in [-0.1, -0.05) is 146 Å². The Kier molecular flexibility index (Phi) is 5.96. The molecule has 3 aromatic heterocycles. The minimum Gasteiger partial charge on any atom is -0.455 e. The third-order valence-corrected chi connectivity index (χ3v) is 10.4. The average molecular weight is 652 g/mol. The van der Waals surface area contributed by atoms with Gasteiger partial charge in [-0.25, -0.2) is 0 Å².